The van der Waals surface area contributed by atoms with Crippen molar-refractivity contribution in [1.82, 2.24) is 15.5 Å². The second-order valence-electron chi connectivity index (χ2n) is 4.17. The third-order valence-corrected chi connectivity index (χ3v) is 1.90. The van der Waals surface area contributed by atoms with Crippen molar-refractivity contribution in [2.45, 2.75) is 19.9 Å². The van der Waals surface area contributed by atoms with Crippen LogP contribution in [0.4, 0.5) is 0 Å². The summed E-state index contributed by atoms with van der Waals surface area (Å²) in [5.41, 5.74) is 0. The van der Waals surface area contributed by atoms with E-state index in [9.17, 15) is 4.79 Å². The summed E-state index contributed by atoms with van der Waals surface area (Å²) in [6.45, 7) is 5.43. The lowest BCUT2D eigenvalue weighted by Gasteiger charge is -2.15. The molecular weight excluding hydrogens is 220 g/mol. The van der Waals surface area contributed by atoms with E-state index in [4.69, 9.17) is 4.74 Å². The number of methoxy groups -OCH3 is 1. The first-order valence-electron chi connectivity index (χ1n) is 5.71. The van der Waals surface area contributed by atoms with E-state index in [0.717, 1.165) is 0 Å². The second kappa shape index (κ2) is 8.81. The molecule has 6 heteroatoms. The van der Waals surface area contributed by atoms with E-state index in [2.05, 4.69) is 15.6 Å². The highest BCUT2D eigenvalue weighted by Crippen LogP contribution is 1.83. The van der Waals surface area contributed by atoms with Crippen LogP contribution in [0.2, 0.25) is 0 Å². The Morgan fingerprint density at radius 2 is 2.06 bits per heavy atom. The minimum absolute atomic E-state index is 0.0263. The van der Waals surface area contributed by atoms with E-state index in [1.807, 2.05) is 13.8 Å². The van der Waals surface area contributed by atoms with Gasteiger partial charge in [0.25, 0.3) is 0 Å². The number of rotatable bonds is 6. The fourth-order valence-corrected chi connectivity index (χ4v) is 0.986. The van der Waals surface area contributed by atoms with Crippen molar-refractivity contribution in [2.75, 3.05) is 40.9 Å². The average Bonchev–Trinajstić information content (AvgIpc) is 2.24. The van der Waals surface area contributed by atoms with Crippen LogP contribution in [0.15, 0.2) is 4.99 Å². The smallest absolute Gasteiger partial charge is 0.243 e. The molecular formula is C11H24N4O2. The lowest BCUT2D eigenvalue weighted by molar-refractivity contribution is -0.127. The molecule has 0 aliphatic rings. The molecule has 0 aromatic carbocycles. The van der Waals surface area contributed by atoms with Crippen molar-refractivity contribution in [2.24, 2.45) is 4.99 Å². The van der Waals surface area contributed by atoms with Crippen molar-refractivity contribution in [3.63, 3.8) is 0 Å². The molecule has 0 aliphatic carbocycles. The number of guanidine groups is 1. The molecule has 0 heterocycles. The van der Waals surface area contributed by atoms with Crippen LogP contribution >= 0.6 is 0 Å². The summed E-state index contributed by atoms with van der Waals surface area (Å²) >= 11 is 0. The normalized spacial score (nSPS) is 11.5. The first kappa shape index (κ1) is 15.7. The Morgan fingerprint density at radius 3 is 2.53 bits per heavy atom. The van der Waals surface area contributed by atoms with Gasteiger partial charge in [-0.2, -0.15) is 0 Å². The maximum atomic E-state index is 11.4. The molecule has 0 aromatic heterocycles. The zero-order valence-electron chi connectivity index (χ0n) is 11.4. The molecule has 6 nitrogen and oxygen atoms in total. The van der Waals surface area contributed by atoms with Gasteiger partial charge >= 0.3 is 0 Å². The lowest BCUT2D eigenvalue weighted by Crippen LogP contribution is -2.43. The molecule has 0 aliphatic heterocycles. The van der Waals surface area contributed by atoms with Gasteiger partial charge in [-0.15, -0.1) is 0 Å². The number of aliphatic imine (C=N–C) groups is 1. The fourth-order valence-electron chi connectivity index (χ4n) is 0.986. The predicted molar refractivity (Wildman–Crippen MR) is 69.1 cm³/mol. The van der Waals surface area contributed by atoms with Crippen LogP contribution in [0.1, 0.15) is 13.8 Å². The molecule has 0 bridgehead atoms. The van der Waals surface area contributed by atoms with Gasteiger partial charge in [0.2, 0.25) is 5.91 Å². The first-order valence-corrected chi connectivity index (χ1v) is 5.71. The van der Waals surface area contributed by atoms with Crippen molar-refractivity contribution < 1.29 is 9.53 Å². The van der Waals surface area contributed by atoms with E-state index in [-0.39, 0.29) is 18.5 Å². The quantitative estimate of drug-likeness (QED) is 0.381. The van der Waals surface area contributed by atoms with E-state index >= 15 is 0 Å². The largest absolute Gasteiger partial charge is 0.383 e. The number of ether oxygens (including phenoxy) is 1. The average molecular weight is 244 g/mol. The number of carbonyl (C=O) groups is 1. The van der Waals surface area contributed by atoms with Crippen LogP contribution in [0.3, 0.4) is 0 Å². The monoisotopic (exact) mass is 244 g/mol. The van der Waals surface area contributed by atoms with Crippen LogP contribution in [-0.4, -0.2) is 63.7 Å². The van der Waals surface area contributed by atoms with Crippen LogP contribution in [0.25, 0.3) is 0 Å². The van der Waals surface area contributed by atoms with Gasteiger partial charge in [0.05, 0.1) is 6.61 Å². The topological polar surface area (TPSA) is 66.0 Å². The second-order valence-corrected chi connectivity index (χ2v) is 4.17. The SMILES string of the molecule is COCCNC(=NCC(=O)N(C)C)NC(C)C. The minimum Gasteiger partial charge on any atom is -0.383 e. The minimum atomic E-state index is -0.0263. The standard InChI is InChI=1S/C11H24N4O2/c1-9(2)14-11(12-6-7-17-5)13-8-10(16)15(3)4/h9H,6-8H2,1-5H3,(H2,12,13,14). The van der Waals surface area contributed by atoms with Gasteiger partial charge in [-0.3, -0.25) is 4.79 Å². The Labute approximate surface area is 103 Å². The van der Waals surface area contributed by atoms with Crippen molar-refractivity contribution >= 4 is 11.9 Å². The molecule has 100 valence electrons. The number of carbonyl (C=O) groups excluding carboxylic acids is 1. The Hall–Kier alpha value is -1.30. The number of nitrogens with zero attached hydrogens (tertiary/aromatic N) is 2. The van der Waals surface area contributed by atoms with Gasteiger partial charge in [-0.25, -0.2) is 4.99 Å². The lowest BCUT2D eigenvalue weighted by atomic mass is 10.4. The molecule has 0 fully saturated rings. The third kappa shape index (κ3) is 8.50. The summed E-state index contributed by atoms with van der Waals surface area (Å²) in [5, 5.41) is 6.24. The molecule has 2 N–H and O–H groups in total. The van der Waals surface area contributed by atoms with E-state index in [1.54, 1.807) is 21.2 Å². The van der Waals surface area contributed by atoms with Gasteiger partial charge in [0, 0.05) is 33.8 Å². The van der Waals surface area contributed by atoms with Gasteiger partial charge in [0.15, 0.2) is 5.96 Å². The van der Waals surface area contributed by atoms with Crippen molar-refractivity contribution in [1.29, 1.82) is 0 Å². The predicted octanol–water partition coefficient (Wildman–Crippen LogP) is -0.335. The highest BCUT2D eigenvalue weighted by atomic mass is 16.5. The Bertz CT molecular complexity index is 252. The highest BCUT2D eigenvalue weighted by Gasteiger charge is 2.05. The van der Waals surface area contributed by atoms with Crippen LogP contribution < -0.4 is 10.6 Å². The Balaban J connectivity index is 4.24. The molecule has 0 radical (unpaired) electrons. The zero-order chi connectivity index (χ0) is 13.3. The molecule has 0 spiro atoms. The fraction of sp³-hybridized carbons (Fsp3) is 0.818. The Morgan fingerprint density at radius 1 is 1.41 bits per heavy atom. The molecule has 17 heavy (non-hydrogen) atoms. The highest BCUT2D eigenvalue weighted by molar-refractivity contribution is 5.84. The van der Waals surface area contributed by atoms with Crippen LogP contribution in [0, 0.1) is 0 Å². The number of amides is 1. The van der Waals surface area contributed by atoms with Crippen molar-refractivity contribution in [3.05, 3.63) is 0 Å². The van der Waals surface area contributed by atoms with Gasteiger partial charge in [-0.05, 0) is 13.8 Å². The molecule has 1 amide bonds. The first-order chi connectivity index (χ1) is 7.97. The van der Waals surface area contributed by atoms with Crippen LogP contribution in [-0.2, 0) is 9.53 Å². The summed E-state index contributed by atoms with van der Waals surface area (Å²) in [6, 6.07) is 0.262. The summed E-state index contributed by atoms with van der Waals surface area (Å²) in [6.07, 6.45) is 0. The molecule has 0 saturated carbocycles. The molecule has 0 unspecified atom stereocenters. The van der Waals surface area contributed by atoms with Gasteiger partial charge in [-0.1, -0.05) is 0 Å². The van der Waals surface area contributed by atoms with Gasteiger partial charge < -0.3 is 20.3 Å². The maximum Gasteiger partial charge on any atom is 0.243 e. The summed E-state index contributed by atoms with van der Waals surface area (Å²) in [4.78, 5) is 17.1. The Kier molecular flexibility index (Phi) is 8.13. The van der Waals surface area contributed by atoms with Gasteiger partial charge in [0.1, 0.15) is 6.54 Å². The zero-order valence-corrected chi connectivity index (χ0v) is 11.4. The molecule has 0 aromatic rings. The summed E-state index contributed by atoms with van der Waals surface area (Å²) in [7, 11) is 5.07. The van der Waals surface area contributed by atoms with Crippen molar-refractivity contribution in [3.8, 4) is 0 Å². The molecule has 0 rings (SSSR count). The number of hydrogen-bond acceptors (Lipinski definition) is 3. The number of nitrogens with one attached hydrogen (secondary N) is 2. The number of hydrogen-bond donors (Lipinski definition) is 2. The molecule has 0 atom stereocenters. The van der Waals surface area contributed by atoms with E-state index < -0.39 is 0 Å². The molecule has 0 saturated heterocycles. The maximum absolute atomic E-state index is 11.4. The third-order valence-electron chi connectivity index (χ3n) is 1.90. The number of likely N-dealkylation sites (N-methyl/N-ethyl adjacent to an activating group) is 1. The van der Waals surface area contributed by atoms with E-state index in [0.29, 0.717) is 19.1 Å². The van der Waals surface area contributed by atoms with Crippen LogP contribution in [0.5, 0.6) is 0 Å². The van der Waals surface area contributed by atoms with E-state index in [1.165, 1.54) is 4.90 Å². The summed E-state index contributed by atoms with van der Waals surface area (Å²) in [5.74, 6) is 0.605. The summed E-state index contributed by atoms with van der Waals surface area (Å²) < 4.78 is 4.94.